The van der Waals surface area contributed by atoms with Gasteiger partial charge < -0.3 is 29.4 Å². The van der Waals surface area contributed by atoms with Gasteiger partial charge in [-0.15, -0.1) is 24.0 Å². The molecular weight excluding hydrogens is 868 g/mol. The molecule has 0 spiro atoms. The van der Waals surface area contributed by atoms with Crippen LogP contribution < -0.4 is 39.0 Å². The molecule has 0 bridgehead atoms. The van der Waals surface area contributed by atoms with Crippen LogP contribution in [0, 0.1) is 0 Å². The van der Waals surface area contributed by atoms with Crippen LogP contribution in [0.5, 0.6) is 11.5 Å². The molecule has 4 aromatic carbocycles. The van der Waals surface area contributed by atoms with E-state index in [-0.39, 0.29) is 67.1 Å². The SMILES string of the molecule is CCOP(=O)(Cc1ccc(C(=O)OC)cc1)OCC.COC(=O)c1ccc(/C=C/c2ccc(OC)cc2Cl)cc1.COc1ccc(C=O)c(Cl)c1.I.[H-].[Na+]. The zero-order chi connectivity index (χ0) is 37.8. The van der Waals surface area contributed by atoms with Crippen LogP contribution in [0.1, 0.15) is 63.0 Å². The number of esters is 2. The molecule has 0 aliphatic carbocycles. The molecule has 4 rings (SSSR count). The predicted octanol–water partition coefficient (Wildman–Crippen LogP) is 7.44. The zero-order valence-corrected chi connectivity index (χ0v) is 37.4. The van der Waals surface area contributed by atoms with Gasteiger partial charge in [0, 0.05) is 5.56 Å². The molecule has 10 nitrogen and oxygen atoms in total. The molecule has 4 aromatic rings. The molecule has 0 aliphatic rings. The molecule has 53 heavy (non-hydrogen) atoms. The Kier molecular flexibility index (Phi) is 25.6. The monoisotopic (exact) mass is 910 g/mol. The number of halogens is 3. The Labute approximate surface area is 361 Å². The first kappa shape index (κ1) is 50.3. The minimum atomic E-state index is -3.10. The van der Waals surface area contributed by atoms with Crippen molar-refractivity contribution < 1.29 is 77.9 Å². The Morgan fingerprint density at radius 3 is 1.49 bits per heavy atom. The molecule has 15 heteroatoms. The van der Waals surface area contributed by atoms with Crippen molar-refractivity contribution >= 4 is 85.2 Å². The van der Waals surface area contributed by atoms with Crippen molar-refractivity contribution in [2.24, 2.45) is 0 Å². The van der Waals surface area contributed by atoms with E-state index < -0.39 is 13.6 Å². The van der Waals surface area contributed by atoms with Gasteiger partial charge in [-0.1, -0.05) is 59.6 Å². The van der Waals surface area contributed by atoms with Crippen molar-refractivity contribution in [1.29, 1.82) is 0 Å². The average molecular weight is 912 g/mol. The van der Waals surface area contributed by atoms with Crippen LogP contribution in [0.15, 0.2) is 84.9 Å². The molecule has 0 heterocycles. The van der Waals surface area contributed by atoms with Crippen LogP contribution >= 0.6 is 54.8 Å². The number of methoxy groups -OCH3 is 4. The van der Waals surface area contributed by atoms with Gasteiger partial charge in [-0.25, -0.2) is 9.59 Å². The first-order valence-electron chi connectivity index (χ1n) is 15.5. The van der Waals surface area contributed by atoms with Crippen LogP contribution in [-0.4, -0.2) is 59.9 Å². The quantitative estimate of drug-likeness (QED) is 0.0334. The number of carbonyl (C=O) groups is 3. The van der Waals surface area contributed by atoms with Gasteiger partial charge in [0.2, 0.25) is 0 Å². The van der Waals surface area contributed by atoms with Crippen LogP contribution in [0.4, 0.5) is 0 Å². The molecule has 0 fully saturated rings. The van der Waals surface area contributed by atoms with Gasteiger partial charge >= 0.3 is 49.1 Å². The summed E-state index contributed by atoms with van der Waals surface area (Å²) in [6.07, 6.45) is 4.74. The topological polar surface area (TPSA) is 124 Å². The summed E-state index contributed by atoms with van der Waals surface area (Å²) in [5.74, 6) is 0.633. The van der Waals surface area contributed by atoms with E-state index in [4.69, 9.17) is 41.7 Å². The number of hydrogen-bond acceptors (Lipinski definition) is 10. The fraction of sp³-hybridized carbons (Fsp3) is 0.237. The third kappa shape index (κ3) is 17.5. The van der Waals surface area contributed by atoms with Gasteiger partial charge in [0.15, 0.2) is 6.29 Å². The minimum Gasteiger partial charge on any atom is -1.00 e. The summed E-state index contributed by atoms with van der Waals surface area (Å²) in [6, 6.07) is 24.3. The van der Waals surface area contributed by atoms with Crippen LogP contribution in [0.25, 0.3) is 12.2 Å². The number of carbonyl (C=O) groups excluding carboxylic acids is 3. The molecule has 0 saturated carbocycles. The normalized spacial score (nSPS) is 10.2. The maximum Gasteiger partial charge on any atom is 1.00 e. The second kappa shape index (κ2) is 27.0. The summed E-state index contributed by atoms with van der Waals surface area (Å²) in [7, 11) is 2.74. The van der Waals surface area contributed by atoms with E-state index in [9.17, 15) is 18.9 Å². The molecule has 0 N–H and O–H groups in total. The van der Waals surface area contributed by atoms with Crippen molar-refractivity contribution in [1.82, 2.24) is 0 Å². The van der Waals surface area contributed by atoms with Crippen LogP contribution in [0.2, 0.25) is 10.0 Å². The minimum absolute atomic E-state index is 0. The molecule has 0 amide bonds. The molecule has 0 atom stereocenters. The third-order valence-electron chi connectivity index (χ3n) is 6.73. The van der Waals surface area contributed by atoms with E-state index in [2.05, 4.69) is 9.47 Å². The van der Waals surface area contributed by atoms with Gasteiger partial charge in [-0.2, -0.15) is 0 Å². The van der Waals surface area contributed by atoms with E-state index in [1.807, 2.05) is 36.4 Å². The zero-order valence-electron chi connectivity index (χ0n) is 31.6. The summed E-state index contributed by atoms with van der Waals surface area (Å²) in [6.45, 7) is 4.20. The number of benzene rings is 4. The van der Waals surface area contributed by atoms with Crippen molar-refractivity contribution in [3.05, 3.63) is 128 Å². The predicted molar refractivity (Wildman–Crippen MR) is 217 cm³/mol. The van der Waals surface area contributed by atoms with Gasteiger partial charge in [-0.05, 0) is 91.2 Å². The van der Waals surface area contributed by atoms with E-state index in [1.165, 1.54) is 14.2 Å². The number of ether oxygens (including phenoxy) is 4. The van der Waals surface area contributed by atoms with Crippen molar-refractivity contribution in [2.75, 3.05) is 41.7 Å². The smallest absolute Gasteiger partial charge is 1.00 e. The average Bonchev–Trinajstić information content (AvgIpc) is 3.14. The number of aldehydes is 1. The summed E-state index contributed by atoms with van der Waals surface area (Å²) in [4.78, 5) is 32.9. The van der Waals surface area contributed by atoms with E-state index in [0.717, 1.165) is 22.4 Å². The Morgan fingerprint density at radius 2 is 1.11 bits per heavy atom. The number of hydrogen-bond donors (Lipinski definition) is 0. The fourth-order valence-corrected chi connectivity index (χ4v) is 6.29. The largest absolute Gasteiger partial charge is 1.00 e. The first-order chi connectivity index (χ1) is 24.5. The second-order valence-corrected chi connectivity index (χ2v) is 13.0. The van der Waals surface area contributed by atoms with Crippen molar-refractivity contribution in [3.63, 3.8) is 0 Å². The summed E-state index contributed by atoms with van der Waals surface area (Å²) in [5, 5.41) is 1.04. The van der Waals surface area contributed by atoms with Crippen molar-refractivity contribution in [2.45, 2.75) is 20.0 Å². The molecule has 0 saturated heterocycles. The first-order valence-corrected chi connectivity index (χ1v) is 18.0. The van der Waals surface area contributed by atoms with E-state index >= 15 is 0 Å². The Hall–Kier alpha value is -2.71. The molecule has 0 aromatic heterocycles. The van der Waals surface area contributed by atoms with E-state index in [1.54, 1.807) is 88.7 Å². The second-order valence-electron chi connectivity index (χ2n) is 10.1. The Balaban J connectivity index is 0. The van der Waals surface area contributed by atoms with Gasteiger partial charge in [0.05, 0.1) is 69.0 Å². The molecule has 0 aliphatic heterocycles. The van der Waals surface area contributed by atoms with Gasteiger partial charge in [0.25, 0.3) is 0 Å². The molecule has 0 unspecified atom stereocenters. The van der Waals surface area contributed by atoms with Crippen LogP contribution in [-0.2, 0) is 29.2 Å². The van der Waals surface area contributed by atoms with E-state index in [0.29, 0.717) is 52.0 Å². The van der Waals surface area contributed by atoms with Gasteiger partial charge in [-0.3, -0.25) is 9.36 Å². The van der Waals surface area contributed by atoms with Crippen molar-refractivity contribution in [3.8, 4) is 11.5 Å². The maximum absolute atomic E-state index is 12.3. The Morgan fingerprint density at radius 1 is 0.679 bits per heavy atom. The molecule has 0 radical (unpaired) electrons. The van der Waals surface area contributed by atoms with Gasteiger partial charge in [0.1, 0.15) is 11.5 Å². The standard InChI is InChI=1S/C17H15ClO3.C13H19O5P.C8H7ClO2.HI.Na.H/c1-20-15-10-9-13(16(18)11-15)6-3-12-4-7-14(8-5-12)17(19)21-2;1-4-17-19(15,18-5-2)10-11-6-8-12(9-7-11)13(14)16-3;1-11-7-3-2-6(5-10)8(9)4-7;;;/h3-11H,1-2H3;6-9H,4-5,10H2,1-3H3;2-5H,1H3;1H;;/q;;;;+1;-1/b6-3+;;;;;. The summed E-state index contributed by atoms with van der Waals surface area (Å²) in [5.41, 5.74) is 4.11. The third-order valence-corrected chi connectivity index (χ3v) is 9.44. The molecular formula is C38H43Cl2INaO10P. The summed E-state index contributed by atoms with van der Waals surface area (Å²) < 4.78 is 42.0. The maximum atomic E-state index is 12.3. The number of rotatable bonds is 13. The Bertz CT molecular complexity index is 1800. The fourth-order valence-electron chi connectivity index (χ4n) is 4.14. The summed E-state index contributed by atoms with van der Waals surface area (Å²) >= 11 is 11.9. The van der Waals surface area contributed by atoms with Crippen LogP contribution in [0.3, 0.4) is 0 Å². The molecule has 282 valence electrons.